The molecule has 0 saturated carbocycles. The number of carbonyl (C=O) groups is 1. The van der Waals surface area contributed by atoms with Crippen molar-refractivity contribution in [2.45, 2.75) is 11.7 Å². The molecule has 24 heavy (non-hydrogen) atoms. The highest BCUT2D eigenvalue weighted by Gasteiger charge is 2.45. The maximum absolute atomic E-state index is 11.4. The second-order valence-corrected chi connectivity index (χ2v) is 6.10. The van der Waals surface area contributed by atoms with Crippen molar-refractivity contribution in [2.24, 2.45) is 5.11 Å². The van der Waals surface area contributed by atoms with E-state index in [1.807, 2.05) is 0 Å². The fourth-order valence-electron chi connectivity index (χ4n) is 2.68. The van der Waals surface area contributed by atoms with E-state index >= 15 is 0 Å². The van der Waals surface area contributed by atoms with Gasteiger partial charge in [0.05, 0.1) is 29.7 Å². The summed E-state index contributed by atoms with van der Waals surface area (Å²) in [4.78, 5) is 15.3. The van der Waals surface area contributed by atoms with Crippen molar-refractivity contribution in [3.8, 4) is 0 Å². The number of benzene rings is 1. The van der Waals surface area contributed by atoms with E-state index in [0.29, 0.717) is 15.6 Å². The van der Waals surface area contributed by atoms with Gasteiger partial charge in [-0.25, -0.2) is 4.79 Å². The smallest absolute Gasteiger partial charge is 0.407 e. The van der Waals surface area contributed by atoms with E-state index in [-0.39, 0.29) is 26.2 Å². The monoisotopic (exact) mass is 374 g/mol. The highest BCUT2D eigenvalue weighted by atomic mass is 35.5. The van der Waals surface area contributed by atoms with Crippen LogP contribution in [0.25, 0.3) is 10.4 Å². The molecule has 2 rings (SSSR count). The lowest BCUT2D eigenvalue weighted by Gasteiger charge is -2.38. The van der Waals surface area contributed by atoms with Crippen molar-refractivity contribution in [2.75, 3.05) is 33.4 Å². The van der Waals surface area contributed by atoms with Crippen molar-refractivity contribution in [3.05, 3.63) is 44.3 Å². The van der Waals surface area contributed by atoms with Gasteiger partial charge in [-0.1, -0.05) is 34.4 Å². The molecular weight excluding hydrogens is 359 g/mol. The molecule has 2 atom stereocenters. The van der Waals surface area contributed by atoms with Gasteiger partial charge < -0.3 is 19.5 Å². The van der Waals surface area contributed by atoms with E-state index in [9.17, 15) is 9.90 Å². The van der Waals surface area contributed by atoms with Crippen LogP contribution in [0, 0.1) is 0 Å². The third kappa shape index (κ3) is 3.85. The highest BCUT2D eigenvalue weighted by molar-refractivity contribution is 6.42. The summed E-state index contributed by atoms with van der Waals surface area (Å²) in [5.74, 6) is 0. The quantitative estimate of drug-likeness (QED) is 0.491. The number of hydrogen-bond acceptors (Lipinski definition) is 4. The van der Waals surface area contributed by atoms with Crippen LogP contribution in [0.3, 0.4) is 0 Å². The minimum Gasteiger partial charge on any atom is -0.465 e. The number of methoxy groups -OCH3 is 1. The molecule has 8 nitrogen and oxygen atoms in total. The lowest BCUT2D eigenvalue weighted by atomic mass is 9.90. The normalized spacial score (nSPS) is 24.1. The molecule has 0 radical (unpaired) electrons. The van der Waals surface area contributed by atoms with Gasteiger partial charge >= 0.3 is 6.09 Å². The SMILES string of the molecule is COC1(CN=[N+]=[N-])CN(C(=O)O)CCOC1c1ccc(Cl)c(Cl)c1. The molecule has 1 fully saturated rings. The van der Waals surface area contributed by atoms with E-state index in [1.165, 1.54) is 12.0 Å². The van der Waals surface area contributed by atoms with Crippen LogP contribution in [0.1, 0.15) is 11.7 Å². The molecule has 130 valence electrons. The first-order chi connectivity index (χ1) is 11.4. The van der Waals surface area contributed by atoms with Crippen molar-refractivity contribution < 1.29 is 19.4 Å². The van der Waals surface area contributed by atoms with Crippen LogP contribution in [0.15, 0.2) is 23.3 Å². The fraction of sp³-hybridized carbons (Fsp3) is 0.500. The van der Waals surface area contributed by atoms with E-state index in [4.69, 9.17) is 38.2 Å². The summed E-state index contributed by atoms with van der Waals surface area (Å²) in [6, 6.07) is 4.98. The van der Waals surface area contributed by atoms with Crippen LogP contribution < -0.4 is 0 Å². The number of nitrogens with zero attached hydrogens (tertiary/aromatic N) is 4. The molecule has 1 amide bonds. The average molecular weight is 375 g/mol. The van der Waals surface area contributed by atoms with Crippen molar-refractivity contribution in [3.63, 3.8) is 0 Å². The second kappa shape index (κ2) is 7.92. The lowest BCUT2D eigenvalue weighted by Crippen LogP contribution is -2.51. The summed E-state index contributed by atoms with van der Waals surface area (Å²) in [5, 5.41) is 13.6. The lowest BCUT2D eigenvalue weighted by molar-refractivity contribution is -0.116. The second-order valence-electron chi connectivity index (χ2n) is 5.29. The third-order valence-electron chi connectivity index (χ3n) is 3.91. The number of azide groups is 1. The van der Waals surface area contributed by atoms with Gasteiger partial charge in [-0.2, -0.15) is 0 Å². The largest absolute Gasteiger partial charge is 0.465 e. The Morgan fingerprint density at radius 3 is 2.92 bits per heavy atom. The Morgan fingerprint density at radius 2 is 2.33 bits per heavy atom. The summed E-state index contributed by atoms with van der Waals surface area (Å²) in [7, 11) is 1.42. The van der Waals surface area contributed by atoms with Crippen LogP contribution in [-0.4, -0.2) is 55.1 Å². The van der Waals surface area contributed by atoms with Crippen LogP contribution in [0.4, 0.5) is 4.79 Å². The van der Waals surface area contributed by atoms with Crippen molar-refractivity contribution in [1.82, 2.24) is 4.90 Å². The molecule has 1 heterocycles. The standard InChI is InChI=1S/C14H16Cl2N4O4/c1-23-14(7-18-19-17)8-20(13(21)22)4-5-24-12(14)9-2-3-10(15)11(16)6-9/h2-3,6,12H,4-5,7-8H2,1H3,(H,21,22). The summed E-state index contributed by atoms with van der Waals surface area (Å²) in [6.07, 6.45) is -1.78. The number of carboxylic acid groups (broad SMARTS) is 1. The molecule has 0 aliphatic carbocycles. The zero-order chi connectivity index (χ0) is 17.7. The van der Waals surface area contributed by atoms with Crippen LogP contribution in [0.5, 0.6) is 0 Å². The van der Waals surface area contributed by atoms with Gasteiger partial charge in [0.15, 0.2) is 0 Å². The molecule has 1 aliphatic rings. The molecule has 0 spiro atoms. The Kier molecular flexibility index (Phi) is 6.15. The Hall–Kier alpha value is -1.70. The molecule has 1 aromatic carbocycles. The van der Waals surface area contributed by atoms with Gasteiger partial charge in [-0.05, 0) is 23.2 Å². The van der Waals surface area contributed by atoms with Gasteiger partial charge in [0.2, 0.25) is 0 Å². The minimum absolute atomic E-state index is 0.0111. The summed E-state index contributed by atoms with van der Waals surface area (Å²) < 4.78 is 11.5. The number of halogens is 2. The first kappa shape index (κ1) is 18.6. The van der Waals surface area contributed by atoms with Crippen LogP contribution >= 0.6 is 23.2 Å². The first-order valence-corrected chi connectivity index (χ1v) is 7.79. The highest BCUT2D eigenvalue weighted by Crippen LogP contribution is 2.38. The molecule has 1 N–H and O–H groups in total. The van der Waals surface area contributed by atoms with Gasteiger partial charge in [0.25, 0.3) is 0 Å². The Balaban J connectivity index is 2.49. The maximum atomic E-state index is 11.4. The summed E-state index contributed by atoms with van der Waals surface area (Å²) >= 11 is 12.0. The Morgan fingerprint density at radius 1 is 1.58 bits per heavy atom. The zero-order valence-corrected chi connectivity index (χ0v) is 14.4. The zero-order valence-electron chi connectivity index (χ0n) is 12.9. The molecular formula is C14H16Cl2N4O4. The number of amides is 1. The first-order valence-electron chi connectivity index (χ1n) is 7.04. The minimum atomic E-state index is -1.18. The van der Waals surface area contributed by atoms with E-state index in [2.05, 4.69) is 10.0 Å². The Bertz CT molecular complexity index is 668. The van der Waals surface area contributed by atoms with Crippen molar-refractivity contribution >= 4 is 29.3 Å². The number of ether oxygens (including phenoxy) is 2. The van der Waals surface area contributed by atoms with Gasteiger partial charge in [0, 0.05) is 18.6 Å². The number of rotatable bonds is 4. The Labute approximate surface area is 148 Å². The third-order valence-corrected chi connectivity index (χ3v) is 4.65. The van der Waals surface area contributed by atoms with E-state index in [0.717, 1.165) is 0 Å². The van der Waals surface area contributed by atoms with E-state index in [1.54, 1.807) is 18.2 Å². The van der Waals surface area contributed by atoms with Crippen molar-refractivity contribution in [1.29, 1.82) is 0 Å². The molecule has 2 unspecified atom stereocenters. The van der Waals surface area contributed by atoms with Crippen LogP contribution in [0.2, 0.25) is 10.0 Å². The molecule has 1 aromatic rings. The average Bonchev–Trinajstić information content (AvgIpc) is 2.76. The maximum Gasteiger partial charge on any atom is 0.407 e. The predicted octanol–water partition coefficient (Wildman–Crippen LogP) is 3.74. The molecule has 0 bridgehead atoms. The predicted molar refractivity (Wildman–Crippen MR) is 88.5 cm³/mol. The molecule has 0 aromatic heterocycles. The van der Waals surface area contributed by atoms with E-state index < -0.39 is 17.8 Å². The summed E-state index contributed by atoms with van der Waals surface area (Å²) in [5.41, 5.74) is 8.16. The van der Waals surface area contributed by atoms with Gasteiger partial charge in [-0.3, -0.25) is 0 Å². The van der Waals surface area contributed by atoms with Gasteiger partial charge in [-0.15, -0.1) is 0 Å². The van der Waals surface area contributed by atoms with Gasteiger partial charge in [0.1, 0.15) is 11.7 Å². The molecule has 1 aliphatic heterocycles. The molecule has 10 heteroatoms. The van der Waals surface area contributed by atoms with Crippen LogP contribution in [-0.2, 0) is 9.47 Å². The summed E-state index contributed by atoms with van der Waals surface area (Å²) in [6.45, 7) is 0.227. The topological polar surface area (TPSA) is 108 Å². The number of hydrogen-bond donors (Lipinski definition) is 1. The molecule has 1 saturated heterocycles. The fourth-order valence-corrected chi connectivity index (χ4v) is 2.98.